The van der Waals surface area contributed by atoms with Gasteiger partial charge in [-0.25, -0.2) is 0 Å². The van der Waals surface area contributed by atoms with Crippen molar-refractivity contribution in [1.29, 1.82) is 0 Å². The molecule has 0 amide bonds. The summed E-state index contributed by atoms with van der Waals surface area (Å²) in [7, 11) is 0. The average Bonchev–Trinajstić information content (AvgIpc) is 2.66. The van der Waals surface area contributed by atoms with Crippen LogP contribution in [-0.2, 0) is 17.8 Å². The number of aliphatic carboxylic acids is 1. The lowest BCUT2D eigenvalue weighted by Gasteiger charge is -2.21. The molecular weight excluding hydrogens is 360 g/mol. The van der Waals surface area contributed by atoms with E-state index < -0.39 is 10.9 Å². The van der Waals surface area contributed by atoms with E-state index in [9.17, 15) is 14.9 Å². The van der Waals surface area contributed by atoms with Crippen LogP contribution in [0.25, 0.3) is 0 Å². The molecule has 28 heavy (non-hydrogen) atoms. The van der Waals surface area contributed by atoms with Crippen molar-refractivity contribution in [3.05, 3.63) is 94.0 Å². The number of nitro groups is 1. The van der Waals surface area contributed by atoms with Gasteiger partial charge in [0.25, 0.3) is 5.69 Å². The molecule has 1 aliphatic rings. The molecule has 0 spiro atoms. The molecule has 7 heteroatoms. The minimum absolute atomic E-state index is 0.0486. The Morgan fingerprint density at radius 2 is 1.71 bits per heavy atom. The summed E-state index contributed by atoms with van der Waals surface area (Å²) in [6, 6.07) is 21.3. The van der Waals surface area contributed by atoms with Crippen LogP contribution in [0.1, 0.15) is 11.1 Å². The van der Waals surface area contributed by atoms with Gasteiger partial charge in [0.2, 0.25) is 0 Å². The van der Waals surface area contributed by atoms with Gasteiger partial charge in [-0.1, -0.05) is 30.3 Å². The van der Waals surface area contributed by atoms with Gasteiger partial charge in [0.05, 0.1) is 11.3 Å². The predicted octanol–water partition coefficient (Wildman–Crippen LogP) is 4.54. The molecule has 1 heterocycles. The Bertz CT molecular complexity index is 972. The van der Waals surface area contributed by atoms with Crippen LogP contribution in [0.2, 0.25) is 0 Å². The minimum Gasteiger partial charge on any atom is -0.488 e. The van der Waals surface area contributed by atoms with Gasteiger partial charge in [0, 0.05) is 35.1 Å². The maximum Gasteiger partial charge on any atom is 0.307 e. The van der Waals surface area contributed by atoms with E-state index in [1.54, 1.807) is 18.2 Å². The van der Waals surface area contributed by atoms with Crippen molar-refractivity contribution in [2.75, 3.05) is 5.32 Å². The number of hydrogen-bond donors (Lipinski definition) is 2. The second kappa shape index (κ2) is 8.68. The Balaban J connectivity index is 0.000000211. The largest absolute Gasteiger partial charge is 0.488 e. The van der Waals surface area contributed by atoms with E-state index >= 15 is 0 Å². The lowest BCUT2D eigenvalue weighted by molar-refractivity contribution is -0.384. The molecule has 0 bridgehead atoms. The summed E-state index contributed by atoms with van der Waals surface area (Å²) in [5.41, 5.74) is 4.04. The third-order valence-corrected chi connectivity index (χ3v) is 4.02. The fourth-order valence-corrected chi connectivity index (χ4v) is 2.56. The number of rotatable bonds is 5. The molecule has 0 saturated carbocycles. The van der Waals surface area contributed by atoms with Crippen LogP contribution in [0, 0.1) is 10.1 Å². The first-order valence-electron chi connectivity index (χ1n) is 8.54. The summed E-state index contributed by atoms with van der Waals surface area (Å²) in [6.45, 7) is 0.694. The van der Waals surface area contributed by atoms with Gasteiger partial charge in [-0.2, -0.15) is 0 Å². The lowest BCUT2D eigenvalue weighted by Crippen LogP contribution is -2.09. The fourth-order valence-electron chi connectivity index (χ4n) is 2.56. The highest BCUT2D eigenvalue weighted by Gasteiger charge is 2.14. The van der Waals surface area contributed by atoms with Crippen molar-refractivity contribution in [2.45, 2.75) is 13.0 Å². The molecule has 0 fully saturated rings. The van der Waals surface area contributed by atoms with Crippen molar-refractivity contribution in [1.82, 2.24) is 0 Å². The number of benzene rings is 3. The number of carboxylic acid groups (broad SMARTS) is 1. The Morgan fingerprint density at radius 3 is 2.21 bits per heavy atom. The monoisotopic (exact) mass is 378 g/mol. The lowest BCUT2D eigenvalue weighted by atomic mass is 10.1. The van der Waals surface area contributed by atoms with Crippen molar-refractivity contribution in [3.8, 4) is 5.75 Å². The van der Waals surface area contributed by atoms with Crippen molar-refractivity contribution < 1.29 is 19.6 Å². The van der Waals surface area contributed by atoms with E-state index in [1.165, 1.54) is 17.7 Å². The van der Waals surface area contributed by atoms with Crippen molar-refractivity contribution in [3.63, 3.8) is 0 Å². The van der Waals surface area contributed by atoms with E-state index in [-0.39, 0.29) is 12.1 Å². The van der Waals surface area contributed by atoms with E-state index in [0.717, 1.165) is 22.7 Å². The third kappa shape index (κ3) is 5.07. The number of fused-ring (bicyclic) bond motifs is 1. The zero-order chi connectivity index (χ0) is 19.9. The van der Waals surface area contributed by atoms with Crippen molar-refractivity contribution >= 4 is 23.0 Å². The van der Waals surface area contributed by atoms with Crippen LogP contribution in [0.3, 0.4) is 0 Å². The molecule has 142 valence electrons. The molecule has 0 radical (unpaired) electrons. The summed E-state index contributed by atoms with van der Waals surface area (Å²) in [6.07, 6.45) is 0.0486. The summed E-state index contributed by atoms with van der Waals surface area (Å²) < 4.78 is 5.31. The van der Waals surface area contributed by atoms with Crippen LogP contribution in [0.15, 0.2) is 72.8 Å². The molecule has 0 unspecified atom stereocenters. The van der Waals surface area contributed by atoms with Crippen LogP contribution in [0.5, 0.6) is 5.75 Å². The van der Waals surface area contributed by atoms with Gasteiger partial charge in [-0.3, -0.25) is 14.9 Å². The molecule has 0 aromatic heterocycles. The highest BCUT2D eigenvalue weighted by molar-refractivity contribution is 5.71. The number of nitrogens with one attached hydrogen (secondary N) is 1. The molecule has 2 N–H and O–H groups in total. The van der Waals surface area contributed by atoms with Gasteiger partial charge in [0.15, 0.2) is 0 Å². The molecule has 0 saturated heterocycles. The van der Waals surface area contributed by atoms with E-state index in [1.807, 2.05) is 42.5 Å². The number of nitro benzene ring substituents is 1. The number of para-hydroxylation sites is 1. The summed E-state index contributed by atoms with van der Waals surface area (Å²) in [4.78, 5) is 20.2. The van der Waals surface area contributed by atoms with Crippen LogP contribution >= 0.6 is 0 Å². The summed E-state index contributed by atoms with van der Waals surface area (Å²) >= 11 is 0. The number of hydrogen-bond acceptors (Lipinski definition) is 5. The van der Waals surface area contributed by atoms with Gasteiger partial charge < -0.3 is 15.2 Å². The van der Waals surface area contributed by atoms with Crippen LogP contribution in [-0.4, -0.2) is 16.0 Å². The Morgan fingerprint density at radius 1 is 1.04 bits per heavy atom. The standard InChI is InChI=1S/C15H13NO3.C6H5NO2/c17-15(18)7-10-1-4-12(5-2-10)16-13-6-3-11-9-19-14(11)8-13;8-7(9)6-4-2-1-3-5-6/h1-6,8,16H,7,9H2,(H,17,18);1-5H. The molecule has 3 aromatic carbocycles. The van der Waals surface area contributed by atoms with E-state index in [2.05, 4.69) is 5.32 Å². The first kappa shape index (κ1) is 18.9. The van der Waals surface area contributed by atoms with Gasteiger partial charge in [-0.05, 0) is 29.8 Å². The topological polar surface area (TPSA) is 102 Å². The average molecular weight is 378 g/mol. The quantitative estimate of drug-likeness (QED) is 0.499. The highest BCUT2D eigenvalue weighted by atomic mass is 16.6. The molecule has 0 atom stereocenters. The van der Waals surface area contributed by atoms with Gasteiger partial charge >= 0.3 is 5.97 Å². The fraction of sp³-hybridized carbons (Fsp3) is 0.0952. The zero-order valence-corrected chi connectivity index (χ0v) is 14.9. The number of carboxylic acids is 1. The highest BCUT2D eigenvalue weighted by Crippen LogP contribution is 2.32. The molecule has 1 aliphatic heterocycles. The molecular formula is C21H18N2O5. The van der Waals surface area contributed by atoms with Crippen molar-refractivity contribution in [2.24, 2.45) is 0 Å². The molecule has 3 aromatic rings. The summed E-state index contributed by atoms with van der Waals surface area (Å²) in [5.74, 6) is 0.104. The van der Waals surface area contributed by atoms with Gasteiger partial charge in [0.1, 0.15) is 12.4 Å². The smallest absolute Gasteiger partial charge is 0.307 e. The second-order valence-corrected chi connectivity index (χ2v) is 6.10. The van der Waals surface area contributed by atoms with Gasteiger partial charge in [-0.15, -0.1) is 0 Å². The Hall–Kier alpha value is -3.87. The van der Waals surface area contributed by atoms with E-state index in [0.29, 0.717) is 6.61 Å². The first-order chi connectivity index (χ1) is 13.5. The normalized spacial score (nSPS) is 11.0. The molecule has 7 nitrogen and oxygen atoms in total. The maximum atomic E-state index is 10.6. The number of anilines is 2. The number of nitrogens with zero attached hydrogens (tertiary/aromatic N) is 1. The minimum atomic E-state index is -0.819. The molecule has 0 aliphatic carbocycles. The summed E-state index contributed by atoms with van der Waals surface area (Å²) in [5, 5.41) is 22.0. The second-order valence-electron chi connectivity index (χ2n) is 6.10. The maximum absolute atomic E-state index is 10.6. The SMILES string of the molecule is O=C(O)Cc1ccc(Nc2ccc3c(c2)OC3)cc1.O=[N+]([O-])c1ccccc1. The van der Waals surface area contributed by atoms with E-state index in [4.69, 9.17) is 9.84 Å². The van der Waals surface area contributed by atoms with Crippen LogP contribution in [0.4, 0.5) is 17.1 Å². The number of non-ortho nitro benzene ring substituents is 1. The number of carbonyl (C=O) groups is 1. The zero-order valence-electron chi connectivity index (χ0n) is 14.9. The predicted molar refractivity (Wildman–Crippen MR) is 105 cm³/mol. The third-order valence-electron chi connectivity index (χ3n) is 4.02. The Kier molecular flexibility index (Phi) is 5.86. The van der Waals surface area contributed by atoms with Crippen LogP contribution < -0.4 is 10.1 Å². The first-order valence-corrected chi connectivity index (χ1v) is 8.54. The Labute approximate surface area is 161 Å². The molecule has 4 rings (SSSR count). The number of ether oxygens (including phenoxy) is 1.